The molecule has 5 aromatic carbocycles. The van der Waals surface area contributed by atoms with Crippen LogP contribution in [0.25, 0.3) is 6.08 Å². The van der Waals surface area contributed by atoms with Gasteiger partial charge in [0.15, 0.2) is 19.9 Å². The Morgan fingerprint density at radius 3 is 1.79 bits per heavy atom. The van der Waals surface area contributed by atoms with Crippen molar-refractivity contribution < 1.29 is 32.4 Å². The van der Waals surface area contributed by atoms with Gasteiger partial charge in [-0.05, 0) is 65.7 Å². The molecule has 1 fully saturated rings. The number of ether oxygens (including phenoxy) is 4. The zero-order valence-corrected chi connectivity index (χ0v) is 31.9. The van der Waals surface area contributed by atoms with Crippen LogP contribution in [0.1, 0.15) is 32.6 Å². The molecule has 5 aromatic rings. The highest BCUT2D eigenvalue weighted by atomic mass is 32.2. The monoisotopic (exact) mass is 746 g/mol. The summed E-state index contributed by atoms with van der Waals surface area (Å²) in [4.78, 5) is 14.3. The van der Waals surface area contributed by atoms with E-state index in [1.165, 1.54) is 5.56 Å². The van der Waals surface area contributed by atoms with Gasteiger partial charge in [-0.2, -0.15) is 0 Å². The SMILES string of the molecule is C=Cc1ccc(C[Si](C)(C)OC[C@H]2O[C@@H](S(=O)c3ccccc3)[C@H](OC(=O)c3ccccc3)[C@@H](OCc3ccccc3)[C@@H]2OCc2ccccc2)cc1. The Kier molecular flexibility index (Phi) is 13.4. The van der Waals surface area contributed by atoms with E-state index in [9.17, 15) is 9.00 Å². The summed E-state index contributed by atoms with van der Waals surface area (Å²) in [5.41, 5.74) is 3.39. The average Bonchev–Trinajstić information content (AvgIpc) is 3.20. The Morgan fingerprint density at radius 1 is 0.698 bits per heavy atom. The molecule has 0 amide bonds. The molecule has 0 saturated carbocycles. The maximum atomic E-state index is 14.5. The van der Waals surface area contributed by atoms with Crippen LogP contribution in [-0.2, 0) is 53.4 Å². The summed E-state index contributed by atoms with van der Waals surface area (Å²) >= 11 is 0. The van der Waals surface area contributed by atoms with E-state index in [-0.39, 0.29) is 19.8 Å². The van der Waals surface area contributed by atoms with Gasteiger partial charge in [0.05, 0.1) is 36.2 Å². The highest BCUT2D eigenvalue weighted by molar-refractivity contribution is 7.85. The number of carbonyl (C=O) groups excluding carboxylic acids is 1. The predicted molar refractivity (Wildman–Crippen MR) is 211 cm³/mol. The first-order valence-electron chi connectivity index (χ1n) is 17.8. The smallest absolute Gasteiger partial charge is 0.338 e. The third-order valence-electron chi connectivity index (χ3n) is 9.08. The lowest BCUT2D eigenvalue weighted by atomic mass is 9.99. The number of hydrogen-bond acceptors (Lipinski definition) is 7. The van der Waals surface area contributed by atoms with Gasteiger partial charge in [-0.1, -0.05) is 134 Å². The van der Waals surface area contributed by atoms with E-state index >= 15 is 0 Å². The summed E-state index contributed by atoms with van der Waals surface area (Å²) in [5, 5.41) is 0. The van der Waals surface area contributed by atoms with E-state index < -0.39 is 54.9 Å². The van der Waals surface area contributed by atoms with Gasteiger partial charge in [-0.15, -0.1) is 0 Å². The van der Waals surface area contributed by atoms with Crippen LogP contribution in [-0.4, -0.2) is 55.0 Å². The topological polar surface area (TPSA) is 80.3 Å². The van der Waals surface area contributed by atoms with Crippen molar-refractivity contribution in [1.82, 2.24) is 0 Å². The van der Waals surface area contributed by atoms with Crippen molar-refractivity contribution in [1.29, 1.82) is 0 Å². The number of rotatable bonds is 16. The van der Waals surface area contributed by atoms with Crippen molar-refractivity contribution in [2.45, 2.75) is 67.1 Å². The summed E-state index contributed by atoms with van der Waals surface area (Å²) in [6.07, 6.45) is -1.61. The molecule has 9 heteroatoms. The second-order valence-corrected chi connectivity index (χ2v) is 19.3. The van der Waals surface area contributed by atoms with Crippen molar-refractivity contribution in [3.05, 3.63) is 180 Å². The molecule has 53 heavy (non-hydrogen) atoms. The first kappa shape index (κ1) is 38.2. The molecule has 0 N–H and O–H groups in total. The van der Waals surface area contributed by atoms with Crippen molar-refractivity contribution >= 4 is 31.2 Å². The van der Waals surface area contributed by atoms with Crippen LogP contribution in [0.3, 0.4) is 0 Å². The predicted octanol–water partition coefficient (Wildman–Crippen LogP) is 8.56. The standard InChI is InChI=1S/C44H46O7SSi/c1-4-33-25-27-36(28-26-33)32-53(2,3)49-31-39-40(47-29-34-17-9-5-10-18-34)41(48-30-35-19-11-6-12-20-35)42(51-43(45)37-21-13-7-14-22-37)44(50-39)52(46)38-23-15-8-16-24-38/h4-28,39-42,44H,1,29-32H2,2-3H3/t39-,40-,41+,42-,44+,52?/m1/s1. The summed E-state index contributed by atoms with van der Waals surface area (Å²) in [7, 11) is -4.09. The van der Waals surface area contributed by atoms with E-state index in [1.54, 1.807) is 36.4 Å². The molecule has 1 unspecified atom stereocenters. The Labute approximate surface area is 316 Å². The van der Waals surface area contributed by atoms with Crippen LogP contribution in [0.2, 0.25) is 13.1 Å². The molecule has 6 atom stereocenters. The fourth-order valence-electron chi connectivity index (χ4n) is 6.31. The van der Waals surface area contributed by atoms with Gasteiger partial charge in [0.2, 0.25) is 0 Å². The number of carbonyl (C=O) groups is 1. The number of benzene rings is 5. The van der Waals surface area contributed by atoms with Gasteiger partial charge >= 0.3 is 5.97 Å². The van der Waals surface area contributed by atoms with Gasteiger partial charge in [-0.3, -0.25) is 4.21 Å². The lowest BCUT2D eigenvalue weighted by molar-refractivity contribution is -0.239. The largest absolute Gasteiger partial charge is 0.452 e. The average molecular weight is 747 g/mol. The number of esters is 1. The Hall–Kier alpha value is -4.48. The van der Waals surface area contributed by atoms with E-state index in [4.69, 9.17) is 23.4 Å². The third kappa shape index (κ3) is 10.6. The van der Waals surface area contributed by atoms with Crippen LogP contribution >= 0.6 is 0 Å². The van der Waals surface area contributed by atoms with Gasteiger partial charge in [-0.25, -0.2) is 4.79 Å². The normalized spacial score (nSPS) is 20.7. The molecular formula is C44H46O7SSi. The highest BCUT2D eigenvalue weighted by Gasteiger charge is 2.52. The molecular weight excluding hydrogens is 701 g/mol. The molecule has 1 heterocycles. The third-order valence-corrected chi connectivity index (χ3v) is 12.8. The molecule has 274 valence electrons. The van der Waals surface area contributed by atoms with Crippen molar-refractivity contribution in [3.63, 3.8) is 0 Å². The minimum absolute atomic E-state index is 0.163. The molecule has 0 aliphatic carbocycles. The second kappa shape index (κ2) is 18.5. The summed E-state index contributed by atoms with van der Waals surface area (Å²) in [6.45, 7) is 8.83. The summed E-state index contributed by atoms with van der Waals surface area (Å²) in [6, 6.07) is 46.6. The lowest BCUT2D eigenvalue weighted by Gasteiger charge is -2.46. The minimum Gasteiger partial charge on any atom is -0.452 e. The lowest BCUT2D eigenvalue weighted by Crippen LogP contribution is -2.63. The Morgan fingerprint density at radius 2 is 1.23 bits per heavy atom. The van der Waals surface area contributed by atoms with Crippen molar-refractivity contribution in [2.75, 3.05) is 6.61 Å². The van der Waals surface area contributed by atoms with Gasteiger partial charge in [0.1, 0.15) is 18.3 Å². The quantitative estimate of drug-likeness (QED) is 0.0740. The minimum atomic E-state index is -2.33. The molecule has 0 bridgehead atoms. The van der Waals surface area contributed by atoms with E-state index in [1.807, 2.05) is 91.0 Å². The maximum Gasteiger partial charge on any atom is 0.338 e. The number of hydrogen-bond donors (Lipinski definition) is 0. The fourth-order valence-corrected chi connectivity index (χ4v) is 9.64. The van der Waals surface area contributed by atoms with E-state index in [2.05, 4.69) is 43.9 Å². The molecule has 0 aromatic heterocycles. The fraction of sp³-hybridized carbons (Fsp3) is 0.250. The molecule has 0 spiro atoms. The highest BCUT2D eigenvalue weighted by Crippen LogP contribution is 2.34. The van der Waals surface area contributed by atoms with Crippen LogP contribution in [0, 0.1) is 0 Å². The van der Waals surface area contributed by atoms with Crippen LogP contribution in [0.4, 0.5) is 0 Å². The first-order chi connectivity index (χ1) is 25.8. The zero-order valence-electron chi connectivity index (χ0n) is 30.1. The first-order valence-corrected chi connectivity index (χ1v) is 22.2. The summed E-state index contributed by atoms with van der Waals surface area (Å²) in [5.74, 6) is -0.574. The van der Waals surface area contributed by atoms with Gasteiger partial charge < -0.3 is 23.4 Å². The molecule has 1 aliphatic rings. The van der Waals surface area contributed by atoms with Crippen molar-refractivity contribution in [3.8, 4) is 0 Å². The molecule has 0 radical (unpaired) electrons. The van der Waals surface area contributed by atoms with E-state index in [0.717, 1.165) is 22.7 Å². The molecule has 1 saturated heterocycles. The maximum absolute atomic E-state index is 14.5. The Bertz CT molecular complexity index is 1910. The molecule has 7 nitrogen and oxygen atoms in total. The van der Waals surface area contributed by atoms with Crippen molar-refractivity contribution in [2.24, 2.45) is 0 Å². The van der Waals surface area contributed by atoms with Crippen LogP contribution < -0.4 is 0 Å². The molecule has 6 rings (SSSR count). The van der Waals surface area contributed by atoms with Gasteiger partial charge in [0, 0.05) is 4.90 Å². The van der Waals surface area contributed by atoms with E-state index in [0.29, 0.717) is 10.5 Å². The van der Waals surface area contributed by atoms with Gasteiger partial charge in [0.25, 0.3) is 0 Å². The van der Waals surface area contributed by atoms with Crippen LogP contribution in [0.5, 0.6) is 0 Å². The zero-order chi connectivity index (χ0) is 37.0. The summed E-state index contributed by atoms with van der Waals surface area (Å²) < 4.78 is 47.9. The molecule has 1 aliphatic heterocycles. The Balaban J connectivity index is 1.36. The second-order valence-electron chi connectivity index (χ2n) is 13.6. The van der Waals surface area contributed by atoms with Crippen LogP contribution in [0.15, 0.2) is 157 Å².